The first-order valence-electron chi connectivity index (χ1n) is 5.72. The van der Waals surface area contributed by atoms with E-state index >= 15 is 0 Å². The fourth-order valence-electron chi connectivity index (χ4n) is 2.03. The molecule has 0 bridgehead atoms. The Bertz CT molecular complexity index is 694. The fourth-order valence-corrected chi connectivity index (χ4v) is 2.38. The van der Waals surface area contributed by atoms with Crippen molar-refractivity contribution in [1.29, 1.82) is 0 Å². The highest BCUT2D eigenvalue weighted by atomic mass is 79.9. The summed E-state index contributed by atoms with van der Waals surface area (Å²) in [4.78, 5) is 21.8. The summed E-state index contributed by atoms with van der Waals surface area (Å²) < 4.78 is 2.10. The van der Waals surface area contributed by atoms with Gasteiger partial charge in [0.25, 0.3) is 5.69 Å². The molecule has 7 heteroatoms. The lowest BCUT2D eigenvalue weighted by atomic mass is 10.1. The van der Waals surface area contributed by atoms with Gasteiger partial charge in [-0.1, -0.05) is 15.9 Å². The molecule has 0 fully saturated rings. The maximum Gasteiger partial charge on any atom is 0.352 e. The van der Waals surface area contributed by atoms with Crippen molar-refractivity contribution in [3.8, 4) is 0 Å². The first kappa shape index (κ1) is 14.3. The topological polar surface area (TPSA) is 85.4 Å². The Morgan fingerprint density at radius 2 is 2.15 bits per heavy atom. The second-order valence-corrected chi connectivity index (χ2v) is 5.23. The number of nitrogens with zero attached hydrogens (tertiary/aromatic N) is 2. The minimum atomic E-state index is -1.05. The minimum absolute atomic E-state index is 0.0398. The number of carbonyl (C=O) groups is 1. The molecule has 0 aliphatic carbocycles. The zero-order valence-electron chi connectivity index (χ0n) is 10.5. The van der Waals surface area contributed by atoms with Crippen molar-refractivity contribution in [2.24, 2.45) is 0 Å². The number of hydrogen-bond donors (Lipinski definition) is 1. The van der Waals surface area contributed by atoms with Gasteiger partial charge in [0.05, 0.1) is 11.5 Å². The Morgan fingerprint density at radius 3 is 2.75 bits per heavy atom. The van der Waals surface area contributed by atoms with E-state index < -0.39 is 10.9 Å². The Labute approximate surface area is 122 Å². The van der Waals surface area contributed by atoms with Gasteiger partial charge in [0, 0.05) is 22.3 Å². The molecule has 104 valence electrons. The third-order valence-corrected chi connectivity index (χ3v) is 3.45. The van der Waals surface area contributed by atoms with Crippen molar-refractivity contribution < 1.29 is 14.8 Å². The van der Waals surface area contributed by atoms with Gasteiger partial charge >= 0.3 is 5.97 Å². The van der Waals surface area contributed by atoms with Gasteiger partial charge in [0.2, 0.25) is 0 Å². The lowest BCUT2D eigenvalue weighted by Gasteiger charge is -2.08. The molecule has 6 nitrogen and oxygen atoms in total. The van der Waals surface area contributed by atoms with Gasteiger partial charge in [-0.05, 0) is 30.7 Å². The van der Waals surface area contributed by atoms with Crippen LogP contribution in [0.25, 0.3) is 0 Å². The fraction of sp³-hybridized carbons (Fsp3) is 0.154. The molecule has 1 aromatic heterocycles. The number of aryl methyl sites for hydroxylation is 1. The van der Waals surface area contributed by atoms with Crippen LogP contribution in [-0.4, -0.2) is 20.6 Å². The number of rotatable bonds is 4. The van der Waals surface area contributed by atoms with E-state index in [-0.39, 0.29) is 17.9 Å². The molecule has 0 amide bonds. The van der Waals surface area contributed by atoms with Crippen LogP contribution in [0, 0.1) is 17.0 Å². The van der Waals surface area contributed by atoms with Crippen molar-refractivity contribution in [3.63, 3.8) is 0 Å². The number of halogens is 1. The molecule has 0 saturated carbocycles. The van der Waals surface area contributed by atoms with Gasteiger partial charge in [-0.3, -0.25) is 10.1 Å². The van der Waals surface area contributed by atoms with Crippen molar-refractivity contribution >= 4 is 27.6 Å². The van der Waals surface area contributed by atoms with Gasteiger partial charge in [-0.15, -0.1) is 0 Å². The minimum Gasteiger partial charge on any atom is -0.477 e. The average Bonchev–Trinajstić information content (AvgIpc) is 2.72. The van der Waals surface area contributed by atoms with Crippen molar-refractivity contribution in [2.45, 2.75) is 13.5 Å². The summed E-state index contributed by atoms with van der Waals surface area (Å²) in [7, 11) is 0. The summed E-state index contributed by atoms with van der Waals surface area (Å²) in [6.07, 6.45) is 1.62. The number of carboxylic acid groups (broad SMARTS) is 1. The maximum absolute atomic E-state index is 11.2. The lowest BCUT2D eigenvalue weighted by molar-refractivity contribution is -0.385. The van der Waals surface area contributed by atoms with E-state index in [1.165, 1.54) is 10.6 Å². The highest BCUT2D eigenvalue weighted by Gasteiger charge is 2.18. The molecular formula is C13H11BrN2O4. The second-order valence-electron chi connectivity index (χ2n) is 4.31. The molecule has 1 aromatic carbocycles. The Hall–Kier alpha value is -2.15. The summed E-state index contributed by atoms with van der Waals surface area (Å²) in [5.74, 6) is -1.05. The Balaban J connectivity index is 2.45. The normalized spacial score (nSPS) is 10.5. The largest absolute Gasteiger partial charge is 0.477 e. The number of aromatic carboxylic acids is 1. The van der Waals surface area contributed by atoms with Crippen LogP contribution in [0.4, 0.5) is 5.69 Å². The molecule has 0 unspecified atom stereocenters. The zero-order valence-corrected chi connectivity index (χ0v) is 12.1. The molecule has 0 aliphatic heterocycles. The van der Waals surface area contributed by atoms with Crippen molar-refractivity contribution in [1.82, 2.24) is 4.57 Å². The Kier molecular flexibility index (Phi) is 3.89. The first-order valence-corrected chi connectivity index (χ1v) is 6.51. The quantitative estimate of drug-likeness (QED) is 0.685. The number of carboxylic acids is 1. The molecule has 0 spiro atoms. The van der Waals surface area contributed by atoms with Gasteiger partial charge < -0.3 is 9.67 Å². The van der Waals surface area contributed by atoms with Gasteiger partial charge in [0.1, 0.15) is 5.69 Å². The van der Waals surface area contributed by atoms with Crippen LogP contribution >= 0.6 is 15.9 Å². The van der Waals surface area contributed by atoms with Crippen LogP contribution in [0.3, 0.4) is 0 Å². The first-order chi connectivity index (χ1) is 9.40. The molecular weight excluding hydrogens is 328 g/mol. The summed E-state index contributed by atoms with van der Waals surface area (Å²) in [5.41, 5.74) is 1.18. The monoisotopic (exact) mass is 338 g/mol. The van der Waals surface area contributed by atoms with Crippen LogP contribution in [0.15, 0.2) is 34.9 Å². The van der Waals surface area contributed by atoms with E-state index in [2.05, 4.69) is 15.9 Å². The third kappa shape index (κ3) is 2.72. The highest BCUT2D eigenvalue weighted by Crippen LogP contribution is 2.25. The van der Waals surface area contributed by atoms with Crippen molar-refractivity contribution in [2.75, 3.05) is 0 Å². The van der Waals surface area contributed by atoms with E-state index in [0.29, 0.717) is 15.6 Å². The second kappa shape index (κ2) is 5.46. The predicted octanol–water partition coefficient (Wildman–Crippen LogP) is 3.21. The van der Waals surface area contributed by atoms with E-state index in [4.69, 9.17) is 0 Å². The molecule has 0 aliphatic rings. The van der Waals surface area contributed by atoms with Gasteiger partial charge in [-0.2, -0.15) is 0 Å². The maximum atomic E-state index is 11.2. The van der Waals surface area contributed by atoms with Crippen LogP contribution in [0.2, 0.25) is 0 Å². The predicted molar refractivity (Wildman–Crippen MR) is 76.0 cm³/mol. The molecule has 0 atom stereocenters. The Morgan fingerprint density at radius 1 is 1.45 bits per heavy atom. The number of benzene rings is 1. The van der Waals surface area contributed by atoms with E-state index in [9.17, 15) is 20.0 Å². The summed E-state index contributed by atoms with van der Waals surface area (Å²) in [6, 6.07) is 6.39. The van der Waals surface area contributed by atoms with E-state index in [1.807, 2.05) is 0 Å². The number of nitro benzene ring substituents is 1. The molecule has 0 saturated heterocycles. The summed E-state index contributed by atoms with van der Waals surface area (Å²) in [6.45, 7) is 1.83. The van der Waals surface area contributed by atoms with E-state index in [1.54, 1.807) is 31.3 Å². The number of hydrogen-bond acceptors (Lipinski definition) is 3. The van der Waals surface area contributed by atoms with Crippen molar-refractivity contribution in [3.05, 3.63) is 61.9 Å². The number of nitro groups is 1. The molecule has 0 radical (unpaired) electrons. The van der Waals surface area contributed by atoms with Crippen LogP contribution in [0.5, 0.6) is 0 Å². The lowest BCUT2D eigenvalue weighted by Crippen LogP contribution is -2.11. The molecule has 1 N–H and O–H groups in total. The van der Waals surface area contributed by atoms with Crippen LogP contribution in [-0.2, 0) is 6.54 Å². The van der Waals surface area contributed by atoms with Gasteiger partial charge in [-0.25, -0.2) is 4.79 Å². The number of aromatic nitrogens is 1. The molecule has 1 heterocycles. The highest BCUT2D eigenvalue weighted by molar-refractivity contribution is 9.10. The van der Waals surface area contributed by atoms with E-state index in [0.717, 1.165) is 0 Å². The van der Waals surface area contributed by atoms with Gasteiger partial charge in [0.15, 0.2) is 0 Å². The average molecular weight is 339 g/mol. The summed E-state index contributed by atoms with van der Waals surface area (Å²) >= 11 is 3.19. The summed E-state index contributed by atoms with van der Waals surface area (Å²) in [5, 5.41) is 20.2. The smallest absolute Gasteiger partial charge is 0.352 e. The zero-order chi connectivity index (χ0) is 14.9. The standard InChI is InChI=1S/C13H11BrN2O4/c1-8-4-5-15(12(8)13(17)18)7-9-2-3-10(14)6-11(9)16(19)20/h2-6H,7H2,1H3,(H,17,18). The van der Waals surface area contributed by atoms with Crippen LogP contribution in [0.1, 0.15) is 21.6 Å². The molecule has 2 rings (SSSR count). The van der Waals surface area contributed by atoms with Crippen LogP contribution < -0.4 is 0 Å². The molecule has 2 aromatic rings. The SMILES string of the molecule is Cc1ccn(Cc2ccc(Br)cc2[N+](=O)[O-])c1C(=O)O. The molecule has 20 heavy (non-hydrogen) atoms. The third-order valence-electron chi connectivity index (χ3n) is 2.95.